The fraction of sp³-hybridized carbons (Fsp3) is 0.161. The van der Waals surface area contributed by atoms with E-state index in [1.54, 1.807) is 18.2 Å². The van der Waals surface area contributed by atoms with Crippen molar-refractivity contribution in [1.29, 1.82) is 0 Å². The third-order valence-corrected chi connectivity index (χ3v) is 8.22. The number of carbonyl (C=O) groups excluding carboxylic acids is 2. The van der Waals surface area contributed by atoms with Crippen LogP contribution in [0.4, 0.5) is 10.1 Å². The van der Waals surface area contributed by atoms with Crippen molar-refractivity contribution in [3.63, 3.8) is 0 Å². The lowest BCUT2D eigenvalue weighted by molar-refractivity contribution is -0.139. The van der Waals surface area contributed by atoms with Crippen molar-refractivity contribution in [3.05, 3.63) is 132 Å². The normalized spacial score (nSPS) is 11.8. The molecule has 1 N–H and O–H groups in total. The van der Waals surface area contributed by atoms with Gasteiger partial charge in [0.05, 0.1) is 10.6 Å². The number of nitrogens with zero attached hydrogens (tertiary/aromatic N) is 2. The molecular weight excluding hydrogens is 529 g/mol. The number of rotatable bonds is 11. The fourth-order valence-corrected chi connectivity index (χ4v) is 5.83. The molecule has 0 spiro atoms. The van der Waals surface area contributed by atoms with Crippen molar-refractivity contribution in [3.8, 4) is 0 Å². The number of benzene rings is 4. The maximum Gasteiger partial charge on any atom is 0.264 e. The average Bonchev–Trinajstić information content (AvgIpc) is 2.99. The predicted molar refractivity (Wildman–Crippen MR) is 152 cm³/mol. The van der Waals surface area contributed by atoms with Gasteiger partial charge in [0.1, 0.15) is 18.4 Å². The van der Waals surface area contributed by atoms with Crippen LogP contribution >= 0.6 is 0 Å². The molecule has 0 aliphatic heterocycles. The van der Waals surface area contributed by atoms with Crippen LogP contribution in [0.25, 0.3) is 0 Å². The molecule has 7 nitrogen and oxygen atoms in total. The standard InChI is InChI=1S/C31H30FN3O4S/c1-33-31(37)29(21-24-13-5-2-6-14-24)34(22-25-15-7-3-8-16-25)30(36)23-35(28-20-12-11-19-27(28)32)40(38,39)26-17-9-4-10-18-26/h2-20,29H,21-23H2,1H3,(H,33,37). The lowest BCUT2D eigenvalue weighted by atomic mass is 10.0. The molecule has 40 heavy (non-hydrogen) atoms. The molecule has 0 radical (unpaired) electrons. The molecule has 4 aromatic carbocycles. The molecule has 206 valence electrons. The zero-order chi connectivity index (χ0) is 28.5. The molecular formula is C31H30FN3O4S. The Morgan fingerprint density at radius 2 is 1.30 bits per heavy atom. The highest BCUT2D eigenvalue weighted by Crippen LogP contribution is 2.27. The van der Waals surface area contributed by atoms with Crippen molar-refractivity contribution in [2.24, 2.45) is 0 Å². The first kappa shape index (κ1) is 28.5. The van der Waals surface area contributed by atoms with Crippen LogP contribution < -0.4 is 9.62 Å². The van der Waals surface area contributed by atoms with Gasteiger partial charge < -0.3 is 10.2 Å². The second kappa shape index (κ2) is 13.0. The molecule has 9 heteroatoms. The largest absolute Gasteiger partial charge is 0.357 e. The van der Waals surface area contributed by atoms with Gasteiger partial charge in [0.2, 0.25) is 11.8 Å². The van der Waals surface area contributed by atoms with Crippen LogP contribution in [0.5, 0.6) is 0 Å². The Balaban J connectivity index is 1.78. The molecule has 1 unspecified atom stereocenters. The lowest BCUT2D eigenvalue weighted by Gasteiger charge is -2.33. The van der Waals surface area contributed by atoms with Gasteiger partial charge in [-0.3, -0.25) is 13.9 Å². The van der Waals surface area contributed by atoms with Gasteiger partial charge in [-0.25, -0.2) is 12.8 Å². The van der Waals surface area contributed by atoms with E-state index >= 15 is 4.39 Å². The SMILES string of the molecule is CNC(=O)C(Cc1ccccc1)N(Cc1ccccc1)C(=O)CN(c1ccccc1F)S(=O)(=O)c1ccccc1. The number of sulfonamides is 1. The lowest BCUT2D eigenvalue weighted by Crippen LogP contribution is -2.53. The van der Waals surface area contributed by atoms with Crippen molar-refractivity contribution >= 4 is 27.5 Å². The third kappa shape index (κ3) is 6.73. The van der Waals surface area contributed by atoms with E-state index in [9.17, 15) is 18.0 Å². The smallest absolute Gasteiger partial charge is 0.264 e. The van der Waals surface area contributed by atoms with Crippen LogP contribution in [0.3, 0.4) is 0 Å². The number of para-hydroxylation sites is 1. The summed E-state index contributed by atoms with van der Waals surface area (Å²) in [5, 5.41) is 2.63. The summed E-state index contributed by atoms with van der Waals surface area (Å²) in [6.07, 6.45) is 0.199. The molecule has 0 heterocycles. The molecule has 0 saturated carbocycles. The molecule has 0 aromatic heterocycles. The predicted octanol–water partition coefficient (Wildman–Crippen LogP) is 4.41. The number of hydrogen-bond donors (Lipinski definition) is 1. The van der Waals surface area contributed by atoms with Crippen molar-refractivity contribution < 1.29 is 22.4 Å². The van der Waals surface area contributed by atoms with Gasteiger partial charge in [-0.1, -0.05) is 91.0 Å². The molecule has 0 bridgehead atoms. The van der Waals surface area contributed by atoms with Gasteiger partial charge in [-0.05, 0) is 35.4 Å². The monoisotopic (exact) mass is 559 g/mol. The summed E-state index contributed by atoms with van der Waals surface area (Å²) >= 11 is 0. The molecule has 0 aliphatic carbocycles. The number of nitrogens with one attached hydrogen (secondary N) is 1. The minimum absolute atomic E-state index is 0.0427. The van der Waals surface area contributed by atoms with E-state index in [-0.39, 0.29) is 23.5 Å². The number of anilines is 1. The van der Waals surface area contributed by atoms with E-state index in [0.717, 1.165) is 21.5 Å². The van der Waals surface area contributed by atoms with Crippen LogP contribution in [-0.2, 0) is 32.6 Å². The van der Waals surface area contributed by atoms with Gasteiger partial charge >= 0.3 is 0 Å². The van der Waals surface area contributed by atoms with Crippen molar-refractivity contribution in [2.45, 2.75) is 23.9 Å². The van der Waals surface area contributed by atoms with Gasteiger partial charge in [0, 0.05) is 20.0 Å². The Morgan fingerprint density at radius 1 is 0.775 bits per heavy atom. The Kier molecular flexibility index (Phi) is 9.29. The Hall–Kier alpha value is -4.50. The zero-order valence-corrected chi connectivity index (χ0v) is 22.8. The van der Waals surface area contributed by atoms with E-state index in [1.165, 1.54) is 42.3 Å². The van der Waals surface area contributed by atoms with Gasteiger partial charge in [0.25, 0.3) is 10.0 Å². The summed E-state index contributed by atoms with van der Waals surface area (Å²) in [4.78, 5) is 28.5. The maximum absolute atomic E-state index is 15.0. The first-order valence-corrected chi connectivity index (χ1v) is 14.2. The molecule has 4 rings (SSSR count). The third-order valence-electron chi connectivity index (χ3n) is 6.44. The number of amides is 2. The molecule has 0 saturated heterocycles. The number of likely N-dealkylation sites (N-methyl/N-ethyl adjacent to an activating group) is 1. The molecule has 2 amide bonds. The van der Waals surface area contributed by atoms with Gasteiger partial charge in [-0.2, -0.15) is 0 Å². The highest BCUT2D eigenvalue weighted by atomic mass is 32.2. The van der Waals surface area contributed by atoms with E-state index in [2.05, 4.69) is 5.32 Å². The number of hydrogen-bond acceptors (Lipinski definition) is 4. The summed E-state index contributed by atoms with van der Waals surface area (Å²) < 4.78 is 43.3. The van der Waals surface area contributed by atoms with E-state index in [0.29, 0.717) is 0 Å². The summed E-state index contributed by atoms with van der Waals surface area (Å²) in [6.45, 7) is -0.672. The summed E-state index contributed by atoms with van der Waals surface area (Å²) in [6, 6.07) is 30.3. The number of halogens is 1. The van der Waals surface area contributed by atoms with Gasteiger partial charge in [-0.15, -0.1) is 0 Å². The van der Waals surface area contributed by atoms with Gasteiger partial charge in [0.15, 0.2) is 0 Å². The first-order valence-electron chi connectivity index (χ1n) is 12.7. The van der Waals surface area contributed by atoms with Crippen LogP contribution in [-0.4, -0.2) is 44.8 Å². The topological polar surface area (TPSA) is 86.8 Å². The Morgan fingerprint density at radius 3 is 1.88 bits per heavy atom. The van der Waals surface area contributed by atoms with Crippen LogP contribution in [0.15, 0.2) is 120 Å². The highest BCUT2D eigenvalue weighted by molar-refractivity contribution is 7.92. The zero-order valence-electron chi connectivity index (χ0n) is 22.0. The summed E-state index contributed by atoms with van der Waals surface area (Å²) in [5.74, 6) is -1.86. The average molecular weight is 560 g/mol. The van der Waals surface area contributed by atoms with Crippen LogP contribution in [0.1, 0.15) is 11.1 Å². The minimum atomic E-state index is -4.34. The quantitative estimate of drug-likeness (QED) is 0.295. The van der Waals surface area contributed by atoms with Crippen LogP contribution in [0.2, 0.25) is 0 Å². The van der Waals surface area contributed by atoms with Crippen molar-refractivity contribution in [1.82, 2.24) is 10.2 Å². The Bertz CT molecular complexity index is 1530. The highest BCUT2D eigenvalue weighted by Gasteiger charge is 2.35. The minimum Gasteiger partial charge on any atom is -0.357 e. The second-order valence-electron chi connectivity index (χ2n) is 9.10. The molecule has 4 aromatic rings. The fourth-order valence-electron chi connectivity index (χ4n) is 4.39. The summed E-state index contributed by atoms with van der Waals surface area (Å²) in [7, 11) is -2.86. The van der Waals surface area contributed by atoms with E-state index in [1.807, 2.05) is 60.7 Å². The molecule has 0 aliphatic rings. The van der Waals surface area contributed by atoms with Crippen molar-refractivity contribution in [2.75, 3.05) is 17.9 Å². The second-order valence-corrected chi connectivity index (χ2v) is 11.0. The Labute approximate surface area is 233 Å². The maximum atomic E-state index is 15.0. The summed E-state index contributed by atoms with van der Waals surface area (Å²) in [5.41, 5.74) is 1.31. The number of carbonyl (C=O) groups is 2. The van der Waals surface area contributed by atoms with E-state index < -0.39 is 40.2 Å². The van der Waals surface area contributed by atoms with E-state index in [4.69, 9.17) is 0 Å². The first-order chi connectivity index (χ1) is 19.3. The van der Waals surface area contributed by atoms with Crippen LogP contribution in [0, 0.1) is 5.82 Å². The molecule has 0 fully saturated rings. The molecule has 1 atom stereocenters.